The molecule has 0 saturated heterocycles. The van der Waals surface area contributed by atoms with Gasteiger partial charge in [-0.25, -0.2) is 0 Å². The van der Waals surface area contributed by atoms with Crippen LogP contribution in [0.4, 0.5) is 0 Å². The van der Waals surface area contributed by atoms with E-state index in [1.807, 2.05) is 0 Å². The number of amidine groups is 1. The van der Waals surface area contributed by atoms with Crippen LogP contribution < -0.4 is 5.73 Å². The van der Waals surface area contributed by atoms with Gasteiger partial charge >= 0.3 is 5.97 Å². The SMILES string of the molecule is CCCCCCCCCCCCOC(=O)CC(=N)N. The second-order valence-corrected chi connectivity index (χ2v) is 5.10. The maximum atomic E-state index is 11.1. The lowest BCUT2D eigenvalue weighted by molar-refractivity contribution is -0.142. The number of nitrogens with one attached hydrogen (secondary N) is 1. The molecule has 4 nitrogen and oxygen atoms in total. The van der Waals surface area contributed by atoms with Gasteiger partial charge in [-0.15, -0.1) is 0 Å². The number of nitrogens with two attached hydrogens (primary N) is 1. The molecule has 3 N–H and O–H groups in total. The molecule has 0 aromatic rings. The van der Waals surface area contributed by atoms with Crippen molar-refractivity contribution in [3.8, 4) is 0 Å². The van der Waals surface area contributed by atoms with Crippen molar-refractivity contribution in [2.75, 3.05) is 6.61 Å². The minimum Gasteiger partial charge on any atom is -0.465 e. The van der Waals surface area contributed by atoms with Gasteiger partial charge in [0, 0.05) is 0 Å². The Morgan fingerprint density at radius 3 is 1.89 bits per heavy atom. The van der Waals surface area contributed by atoms with Gasteiger partial charge in [-0.2, -0.15) is 0 Å². The molecule has 0 saturated carbocycles. The molecule has 0 unspecified atom stereocenters. The molecular formula is C15H30N2O2. The van der Waals surface area contributed by atoms with E-state index in [1.165, 1.54) is 51.4 Å². The van der Waals surface area contributed by atoms with Crippen LogP contribution in [0.1, 0.15) is 77.6 Å². The molecule has 0 aliphatic heterocycles. The van der Waals surface area contributed by atoms with Crippen LogP contribution in [0, 0.1) is 5.41 Å². The first-order valence-corrected chi connectivity index (χ1v) is 7.65. The lowest BCUT2D eigenvalue weighted by atomic mass is 10.1. The molecule has 0 spiro atoms. The van der Waals surface area contributed by atoms with Crippen LogP contribution in [0.2, 0.25) is 0 Å². The number of carbonyl (C=O) groups excluding carboxylic acids is 1. The summed E-state index contributed by atoms with van der Waals surface area (Å²) in [5.74, 6) is -0.517. The highest BCUT2D eigenvalue weighted by atomic mass is 16.5. The van der Waals surface area contributed by atoms with Crippen LogP contribution in [-0.4, -0.2) is 18.4 Å². The zero-order chi connectivity index (χ0) is 14.3. The van der Waals surface area contributed by atoms with Gasteiger partial charge in [-0.05, 0) is 6.42 Å². The molecule has 0 fully saturated rings. The number of carbonyl (C=O) groups is 1. The highest BCUT2D eigenvalue weighted by Gasteiger charge is 2.03. The first kappa shape index (κ1) is 17.9. The largest absolute Gasteiger partial charge is 0.465 e. The Morgan fingerprint density at radius 2 is 1.42 bits per heavy atom. The number of esters is 1. The third-order valence-electron chi connectivity index (χ3n) is 3.10. The Morgan fingerprint density at radius 1 is 0.947 bits per heavy atom. The Hall–Kier alpha value is -1.06. The van der Waals surface area contributed by atoms with E-state index < -0.39 is 0 Å². The van der Waals surface area contributed by atoms with Crippen molar-refractivity contribution in [1.82, 2.24) is 0 Å². The Bertz CT molecular complexity index is 242. The van der Waals surface area contributed by atoms with E-state index >= 15 is 0 Å². The van der Waals surface area contributed by atoms with Crippen molar-refractivity contribution in [1.29, 1.82) is 5.41 Å². The summed E-state index contributed by atoms with van der Waals surface area (Å²) in [4.78, 5) is 11.1. The van der Waals surface area contributed by atoms with Gasteiger partial charge in [0.1, 0.15) is 12.3 Å². The van der Waals surface area contributed by atoms with Crippen LogP contribution in [0.15, 0.2) is 0 Å². The van der Waals surface area contributed by atoms with E-state index in [0.29, 0.717) is 6.61 Å². The molecule has 0 rings (SSSR count). The second kappa shape index (κ2) is 13.4. The third-order valence-corrected chi connectivity index (χ3v) is 3.10. The van der Waals surface area contributed by atoms with Crippen molar-refractivity contribution in [3.05, 3.63) is 0 Å². The number of ether oxygens (including phenoxy) is 1. The number of hydrogen-bond donors (Lipinski definition) is 2. The zero-order valence-corrected chi connectivity index (χ0v) is 12.4. The number of unbranched alkanes of at least 4 members (excludes halogenated alkanes) is 9. The summed E-state index contributed by atoms with van der Waals surface area (Å²) < 4.78 is 4.97. The van der Waals surface area contributed by atoms with Gasteiger partial charge in [0.2, 0.25) is 0 Å². The fourth-order valence-corrected chi connectivity index (χ4v) is 1.98. The van der Waals surface area contributed by atoms with Crippen molar-refractivity contribution < 1.29 is 9.53 Å². The molecule has 0 atom stereocenters. The van der Waals surface area contributed by atoms with Crippen LogP contribution in [0.5, 0.6) is 0 Å². The summed E-state index contributed by atoms with van der Waals surface area (Å²) in [6.45, 7) is 2.70. The molecule has 4 heteroatoms. The van der Waals surface area contributed by atoms with Crippen LogP contribution >= 0.6 is 0 Å². The third kappa shape index (κ3) is 14.9. The predicted octanol–water partition coefficient (Wildman–Crippen LogP) is 3.78. The normalized spacial score (nSPS) is 10.4. The minimum absolute atomic E-state index is 0.0856. The Kier molecular flexibility index (Phi) is 12.6. The van der Waals surface area contributed by atoms with Gasteiger partial charge in [-0.1, -0.05) is 64.7 Å². The zero-order valence-electron chi connectivity index (χ0n) is 12.4. The Balaban J connectivity index is 3.10. The molecule has 0 heterocycles. The molecule has 0 aliphatic carbocycles. The predicted molar refractivity (Wildman–Crippen MR) is 79.3 cm³/mol. The average Bonchev–Trinajstić information content (AvgIpc) is 2.35. The lowest BCUT2D eigenvalue weighted by Crippen LogP contribution is -2.17. The van der Waals surface area contributed by atoms with E-state index in [1.54, 1.807) is 0 Å². The van der Waals surface area contributed by atoms with E-state index in [9.17, 15) is 4.79 Å². The minimum atomic E-state index is -0.386. The van der Waals surface area contributed by atoms with E-state index in [4.69, 9.17) is 15.9 Å². The number of rotatable bonds is 13. The maximum absolute atomic E-state index is 11.1. The summed E-state index contributed by atoms with van der Waals surface area (Å²) in [6.07, 6.45) is 12.6. The number of hydrogen-bond acceptors (Lipinski definition) is 3. The van der Waals surface area contributed by atoms with E-state index in [-0.39, 0.29) is 18.2 Å². The smallest absolute Gasteiger partial charge is 0.313 e. The molecule has 112 valence electrons. The fraction of sp³-hybridized carbons (Fsp3) is 0.867. The molecule has 0 aliphatic rings. The average molecular weight is 270 g/mol. The van der Waals surface area contributed by atoms with Gasteiger partial charge in [0.15, 0.2) is 0 Å². The topological polar surface area (TPSA) is 76.2 Å². The summed E-state index contributed by atoms with van der Waals surface area (Å²) in [6, 6.07) is 0. The van der Waals surface area contributed by atoms with E-state index in [0.717, 1.165) is 12.8 Å². The highest BCUT2D eigenvalue weighted by Crippen LogP contribution is 2.10. The maximum Gasteiger partial charge on any atom is 0.313 e. The Labute approximate surface area is 117 Å². The highest BCUT2D eigenvalue weighted by molar-refractivity contribution is 5.94. The van der Waals surface area contributed by atoms with Crippen LogP contribution in [0.3, 0.4) is 0 Å². The molecule has 0 bridgehead atoms. The molecule has 19 heavy (non-hydrogen) atoms. The molecule has 0 aromatic carbocycles. The fourth-order valence-electron chi connectivity index (χ4n) is 1.98. The van der Waals surface area contributed by atoms with Crippen LogP contribution in [0.25, 0.3) is 0 Å². The first-order chi connectivity index (χ1) is 9.16. The van der Waals surface area contributed by atoms with Crippen molar-refractivity contribution in [2.45, 2.75) is 77.6 Å². The van der Waals surface area contributed by atoms with Crippen molar-refractivity contribution in [3.63, 3.8) is 0 Å². The second-order valence-electron chi connectivity index (χ2n) is 5.10. The molecule has 0 radical (unpaired) electrons. The summed E-state index contributed by atoms with van der Waals surface area (Å²) in [7, 11) is 0. The molecule has 0 aromatic heterocycles. The van der Waals surface area contributed by atoms with Crippen molar-refractivity contribution in [2.24, 2.45) is 5.73 Å². The van der Waals surface area contributed by atoms with Gasteiger partial charge in [-0.3, -0.25) is 10.2 Å². The monoisotopic (exact) mass is 270 g/mol. The molecule has 0 amide bonds. The standard InChI is InChI=1S/C15H30N2O2/c1-2-3-4-5-6-7-8-9-10-11-12-19-15(18)13-14(16)17/h2-13H2,1H3,(H3,16,17). The molecular weight excluding hydrogens is 240 g/mol. The summed E-state index contributed by atoms with van der Waals surface area (Å²) in [5.41, 5.74) is 5.10. The quantitative estimate of drug-likeness (QED) is 0.231. The van der Waals surface area contributed by atoms with Gasteiger partial charge in [0.05, 0.1) is 6.61 Å². The van der Waals surface area contributed by atoms with Gasteiger partial charge < -0.3 is 10.5 Å². The summed E-state index contributed by atoms with van der Waals surface area (Å²) >= 11 is 0. The van der Waals surface area contributed by atoms with E-state index in [2.05, 4.69) is 6.92 Å². The lowest BCUT2D eigenvalue weighted by Gasteiger charge is -2.04. The van der Waals surface area contributed by atoms with Crippen LogP contribution in [-0.2, 0) is 9.53 Å². The first-order valence-electron chi connectivity index (χ1n) is 7.65. The van der Waals surface area contributed by atoms with Crippen molar-refractivity contribution >= 4 is 11.8 Å². The summed E-state index contributed by atoms with van der Waals surface area (Å²) in [5, 5.41) is 6.95. The van der Waals surface area contributed by atoms with Gasteiger partial charge in [0.25, 0.3) is 0 Å².